The van der Waals surface area contributed by atoms with Gasteiger partial charge in [0.2, 0.25) is 76.8 Å². The third kappa shape index (κ3) is 29.6. The highest BCUT2D eigenvalue weighted by Gasteiger charge is 2.42. The fourth-order valence-electron chi connectivity index (χ4n) is 11.4. The maximum absolute atomic E-state index is 14.8. The van der Waals surface area contributed by atoms with E-state index in [-0.39, 0.29) is 109 Å². The Balaban J connectivity index is 1.61. The molecule has 2 fully saturated rings. The summed E-state index contributed by atoms with van der Waals surface area (Å²) in [6, 6.07) is 4.57. The van der Waals surface area contributed by atoms with E-state index in [1.165, 1.54) is 21.6 Å². The number of guanidine groups is 1. The molecule has 4 rings (SSSR count). The van der Waals surface area contributed by atoms with Crippen LogP contribution in [0.25, 0.3) is 0 Å². The van der Waals surface area contributed by atoms with Gasteiger partial charge in [0, 0.05) is 51.9 Å². The molecule has 2 heterocycles. The van der Waals surface area contributed by atoms with Gasteiger partial charge in [-0.1, -0.05) is 74.5 Å². The Bertz CT molecular complexity index is 3040. The quantitative estimate of drug-likeness (QED) is 0.0172. The molecule has 0 radical (unpaired) electrons. The number of thioether (sulfide) groups is 1. The van der Waals surface area contributed by atoms with Crippen LogP contribution in [0.2, 0.25) is 0 Å². The van der Waals surface area contributed by atoms with E-state index in [1.54, 1.807) is 60.7 Å². The summed E-state index contributed by atoms with van der Waals surface area (Å²) in [7, 11) is 0. The zero-order chi connectivity index (χ0) is 73.0. The first-order valence-electron chi connectivity index (χ1n) is 33.9. The van der Waals surface area contributed by atoms with Gasteiger partial charge in [-0.15, -0.1) is 0 Å². The summed E-state index contributed by atoms with van der Waals surface area (Å²) >= 11 is 1.45. The van der Waals surface area contributed by atoms with Gasteiger partial charge in [0.05, 0.1) is 12.6 Å². The van der Waals surface area contributed by atoms with E-state index >= 15 is 0 Å². The van der Waals surface area contributed by atoms with Crippen molar-refractivity contribution in [3.05, 3.63) is 71.8 Å². The first kappa shape index (κ1) is 82.5. The molecule has 0 aromatic heterocycles. The zero-order valence-corrected chi connectivity index (χ0v) is 57.9. The lowest BCUT2D eigenvalue weighted by Crippen LogP contribution is -2.60. The lowest BCUT2D eigenvalue weighted by atomic mass is 10.0. The molecule has 13 amide bonds. The molecule has 548 valence electrons. The summed E-state index contributed by atoms with van der Waals surface area (Å²) in [6.07, 6.45) is 3.74. The number of nitrogens with one attached hydrogen (secondary N) is 9. The Labute approximate surface area is 582 Å². The average Bonchev–Trinajstić information content (AvgIpc) is 1.74. The van der Waals surface area contributed by atoms with Crippen molar-refractivity contribution in [1.29, 1.82) is 0 Å². The molecule has 0 aliphatic carbocycles. The third-order valence-electron chi connectivity index (χ3n) is 16.7. The predicted octanol–water partition coefficient (Wildman–Crippen LogP) is -3.73. The average molecular weight is 1400 g/mol. The molecule has 0 saturated carbocycles. The summed E-state index contributed by atoms with van der Waals surface area (Å²) < 4.78 is 0. The number of rotatable bonds is 45. The molecule has 0 unspecified atom stereocenters. The molecular weight excluding hydrogens is 1300 g/mol. The molecule has 99 heavy (non-hydrogen) atoms. The van der Waals surface area contributed by atoms with E-state index < -0.39 is 157 Å². The van der Waals surface area contributed by atoms with Crippen molar-refractivity contribution >= 4 is 94.5 Å². The highest BCUT2D eigenvalue weighted by molar-refractivity contribution is 7.98. The van der Waals surface area contributed by atoms with Crippen LogP contribution in [0, 0.1) is 5.92 Å². The van der Waals surface area contributed by atoms with Crippen LogP contribution >= 0.6 is 11.8 Å². The first-order chi connectivity index (χ1) is 47.3. The number of nitrogens with two attached hydrogens (primary N) is 7. The van der Waals surface area contributed by atoms with Gasteiger partial charge < -0.3 is 97.8 Å². The van der Waals surface area contributed by atoms with E-state index in [9.17, 15) is 62.3 Å². The normalized spacial score (nSPS) is 16.6. The monoisotopic (exact) mass is 1400 g/mol. The molecule has 2 aliphatic heterocycles. The van der Waals surface area contributed by atoms with Crippen LogP contribution in [0.15, 0.2) is 65.7 Å². The minimum Gasteiger partial charge on any atom is -0.370 e. The highest BCUT2D eigenvalue weighted by Crippen LogP contribution is 2.24. The number of hydrogen-bond donors (Lipinski definition) is 16. The Kier molecular flexibility index (Phi) is 36.8. The molecule has 10 atom stereocenters. The van der Waals surface area contributed by atoms with E-state index in [4.69, 9.17) is 40.1 Å². The number of likely N-dealkylation sites (tertiary alicyclic amines) is 2. The van der Waals surface area contributed by atoms with E-state index in [0.29, 0.717) is 61.8 Å². The van der Waals surface area contributed by atoms with E-state index in [1.807, 2.05) is 20.1 Å². The summed E-state index contributed by atoms with van der Waals surface area (Å²) in [6.45, 7) is 4.34. The maximum Gasteiger partial charge on any atom is 0.245 e. The lowest BCUT2D eigenvalue weighted by molar-refractivity contribution is -0.144. The van der Waals surface area contributed by atoms with Gasteiger partial charge in [0.15, 0.2) is 5.96 Å². The van der Waals surface area contributed by atoms with Crippen LogP contribution in [-0.2, 0) is 75.2 Å². The van der Waals surface area contributed by atoms with Crippen molar-refractivity contribution in [2.45, 2.75) is 190 Å². The SMILES string of the molecule is CSCC[C@H](NC(=O)[C@H](CC(C)C)NC(=O)CNC(=O)[C@H](Cc1ccccc1)NC(=O)[C@H](Cc1ccccc1)NC(=O)[C@H](CCC(N)=O)NC(=O)[C@H](CCC(=O)NCCCN)NC(=O)[C@@H]1CCCN1C(=O)[C@H](CCCCN)NC(=O)[C@@H]1CCCN1C(=O)[C@@H](N)CCCN=C(N)N)C(N)=O. The van der Waals surface area contributed by atoms with Crippen LogP contribution in [0.1, 0.15) is 128 Å². The first-order valence-corrected chi connectivity index (χ1v) is 35.3. The van der Waals surface area contributed by atoms with Crippen molar-refractivity contribution in [1.82, 2.24) is 57.7 Å². The molecule has 33 heteroatoms. The molecule has 2 aromatic carbocycles. The van der Waals surface area contributed by atoms with Crippen LogP contribution in [0.3, 0.4) is 0 Å². The number of nitrogens with zero attached hydrogens (tertiary/aromatic N) is 3. The van der Waals surface area contributed by atoms with Gasteiger partial charge in [0.25, 0.3) is 0 Å². The fourth-order valence-corrected chi connectivity index (χ4v) is 11.9. The molecule has 0 bridgehead atoms. The Morgan fingerprint density at radius 3 is 1.57 bits per heavy atom. The minimum absolute atomic E-state index is 0.0759. The van der Waals surface area contributed by atoms with Gasteiger partial charge in [-0.3, -0.25) is 67.3 Å². The number of benzene rings is 2. The number of amides is 13. The summed E-state index contributed by atoms with van der Waals surface area (Å²) in [4.78, 5) is 187. The van der Waals surface area contributed by atoms with Crippen molar-refractivity contribution in [3.8, 4) is 0 Å². The predicted molar refractivity (Wildman–Crippen MR) is 373 cm³/mol. The van der Waals surface area contributed by atoms with Gasteiger partial charge in [-0.2, -0.15) is 11.8 Å². The second kappa shape index (κ2) is 44.1. The van der Waals surface area contributed by atoms with Crippen molar-refractivity contribution in [2.75, 3.05) is 57.8 Å². The van der Waals surface area contributed by atoms with Gasteiger partial charge in [-0.25, -0.2) is 0 Å². The lowest BCUT2D eigenvalue weighted by Gasteiger charge is -2.32. The zero-order valence-electron chi connectivity index (χ0n) is 57.1. The summed E-state index contributed by atoms with van der Waals surface area (Å²) in [5, 5.41) is 24.0. The molecule has 2 aliphatic rings. The number of hydrogen-bond acceptors (Lipinski definition) is 18. The highest BCUT2D eigenvalue weighted by atomic mass is 32.2. The number of primary amides is 2. The van der Waals surface area contributed by atoms with Gasteiger partial charge >= 0.3 is 0 Å². The summed E-state index contributed by atoms with van der Waals surface area (Å²) in [5.41, 5.74) is 40.9. The van der Waals surface area contributed by atoms with Crippen molar-refractivity contribution < 1.29 is 62.3 Å². The third-order valence-corrected chi connectivity index (χ3v) is 17.4. The summed E-state index contributed by atoms with van der Waals surface area (Å²) in [5.74, 6) is -9.38. The van der Waals surface area contributed by atoms with Gasteiger partial charge in [-0.05, 0) is 132 Å². The standard InChI is InChI=1S/C66H105N19O13S/c1-40(2)36-48(60(93)78-44(56(71)89)28-35-99-3)77-55(88)39-76-57(90)49(37-41-16-6-4-7-17-41)82-61(94)50(38-42-18-8-5-9-19-42)83-59(92)45(24-26-53(70)86)79-58(91)46(25-27-54(87)74-32-15-30-68)80-62(95)52-23-14-34-85(52)65(98)47(21-10-11-29-67)81-63(96)51-22-13-33-84(51)64(97)43(69)20-12-31-75-66(72)73/h4-9,16-19,40,43-52H,10-15,20-39,67-69H2,1-3H3,(H2,70,86)(H2,71,89)(H,74,87)(H,76,90)(H,77,88)(H,78,93)(H,79,91)(H,80,95)(H,81,96)(H,82,94)(H,83,92)(H4,72,73,75)/t43-,44-,45-,46-,47-,48-,49-,50-,51-,52-/m0/s1. The van der Waals surface area contributed by atoms with Crippen LogP contribution < -0.4 is 88.0 Å². The molecule has 2 aromatic rings. The Hall–Kier alpha value is -8.95. The fraction of sp³-hybridized carbons (Fsp3) is 0.606. The number of carbonyl (C=O) groups excluding carboxylic acids is 13. The van der Waals surface area contributed by atoms with Crippen LogP contribution in [-0.4, -0.2) is 211 Å². The molecule has 32 nitrogen and oxygen atoms in total. The molecule has 23 N–H and O–H groups in total. The largest absolute Gasteiger partial charge is 0.370 e. The number of carbonyl (C=O) groups is 13. The van der Waals surface area contributed by atoms with E-state index in [2.05, 4.69) is 52.8 Å². The smallest absolute Gasteiger partial charge is 0.245 e. The van der Waals surface area contributed by atoms with Gasteiger partial charge in [0.1, 0.15) is 54.4 Å². The van der Waals surface area contributed by atoms with E-state index in [0.717, 1.165) is 0 Å². The number of aliphatic imine (C=N–C) groups is 1. The van der Waals surface area contributed by atoms with Crippen molar-refractivity contribution in [3.63, 3.8) is 0 Å². The van der Waals surface area contributed by atoms with Crippen LogP contribution in [0.4, 0.5) is 0 Å². The Morgan fingerprint density at radius 1 is 0.525 bits per heavy atom. The van der Waals surface area contributed by atoms with Crippen LogP contribution in [0.5, 0.6) is 0 Å². The molecule has 0 spiro atoms. The minimum atomic E-state index is -1.64. The number of unbranched alkanes of at least 4 members (excludes halogenated alkanes) is 1. The topological polar surface area (TPSA) is 531 Å². The van der Waals surface area contributed by atoms with Crippen molar-refractivity contribution in [2.24, 2.45) is 51.0 Å². The maximum atomic E-state index is 14.8. The molecular formula is C66H105N19O13S. The Morgan fingerprint density at radius 2 is 1.03 bits per heavy atom. The molecule has 2 saturated heterocycles. The second-order valence-electron chi connectivity index (χ2n) is 25.2. The second-order valence-corrected chi connectivity index (χ2v) is 26.1.